The van der Waals surface area contributed by atoms with Crippen molar-refractivity contribution in [2.75, 3.05) is 11.1 Å². The Hall–Kier alpha value is -2.57. The molecule has 3 N–H and O–H groups in total. The second-order valence-corrected chi connectivity index (χ2v) is 4.27. The van der Waals surface area contributed by atoms with Gasteiger partial charge in [0.25, 0.3) is 5.91 Å². The summed E-state index contributed by atoms with van der Waals surface area (Å²) in [6.07, 6.45) is -4.65. The van der Waals surface area contributed by atoms with Crippen LogP contribution >= 0.6 is 0 Å². The first-order valence-corrected chi connectivity index (χ1v) is 5.81. The van der Waals surface area contributed by atoms with E-state index in [1.807, 2.05) is 0 Å². The fourth-order valence-corrected chi connectivity index (χ4v) is 1.64. The second kappa shape index (κ2) is 5.43. The highest BCUT2D eigenvalue weighted by atomic mass is 19.4. The number of amides is 1. The zero-order valence-corrected chi connectivity index (χ0v) is 10.5. The predicted octanol–water partition coefficient (Wildman–Crippen LogP) is 3.68. The summed E-state index contributed by atoms with van der Waals surface area (Å²) >= 11 is 0. The number of alkyl halides is 3. The molecule has 0 heterocycles. The van der Waals surface area contributed by atoms with E-state index in [1.165, 1.54) is 24.3 Å². The highest BCUT2D eigenvalue weighted by Gasteiger charge is 2.31. The number of halogens is 4. The van der Waals surface area contributed by atoms with Crippen LogP contribution in [0, 0.1) is 5.82 Å². The molecule has 0 aliphatic heterocycles. The molecule has 2 rings (SSSR count). The molecule has 0 aromatic heterocycles. The molecule has 110 valence electrons. The van der Waals surface area contributed by atoms with Gasteiger partial charge in [0.2, 0.25) is 0 Å². The Morgan fingerprint density at radius 1 is 1.05 bits per heavy atom. The minimum absolute atomic E-state index is 0.297. The quantitative estimate of drug-likeness (QED) is 0.656. The number of carbonyl (C=O) groups is 1. The molecule has 0 saturated heterocycles. The molecule has 0 spiro atoms. The SMILES string of the molecule is Nc1ccc(NC(=O)c2cc(C(F)(F)F)ccc2F)cc1. The minimum Gasteiger partial charge on any atom is -0.399 e. The van der Waals surface area contributed by atoms with Crippen LogP contribution in [-0.4, -0.2) is 5.91 Å². The molecule has 0 aliphatic carbocycles. The molecule has 0 aliphatic rings. The van der Waals surface area contributed by atoms with Crippen molar-refractivity contribution < 1.29 is 22.4 Å². The van der Waals surface area contributed by atoms with E-state index in [-0.39, 0.29) is 0 Å². The van der Waals surface area contributed by atoms with E-state index in [9.17, 15) is 22.4 Å². The molecule has 0 bridgehead atoms. The first-order chi connectivity index (χ1) is 9.77. The Labute approximate surface area is 117 Å². The van der Waals surface area contributed by atoms with Gasteiger partial charge >= 0.3 is 6.18 Å². The van der Waals surface area contributed by atoms with E-state index in [0.717, 1.165) is 0 Å². The van der Waals surface area contributed by atoms with Crippen LogP contribution in [0.3, 0.4) is 0 Å². The van der Waals surface area contributed by atoms with Gasteiger partial charge in [0.05, 0.1) is 11.1 Å². The molecule has 0 atom stereocenters. The van der Waals surface area contributed by atoms with E-state index < -0.39 is 29.0 Å². The van der Waals surface area contributed by atoms with Gasteiger partial charge in [-0.15, -0.1) is 0 Å². The molecule has 1 amide bonds. The van der Waals surface area contributed by atoms with Crippen LogP contribution < -0.4 is 11.1 Å². The van der Waals surface area contributed by atoms with Crippen molar-refractivity contribution in [2.24, 2.45) is 0 Å². The number of anilines is 2. The topological polar surface area (TPSA) is 55.1 Å². The lowest BCUT2D eigenvalue weighted by Gasteiger charge is -2.10. The van der Waals surface area contributed by atoms with E-state index in [4.69, 9.17) is 5.73 Å². The normalized spacial score (nSPS) is 11.2. The van der Waals surface area contributed by atoms with Gasteiger partial charge in [0.15, 0.2) is 0 Å². The van der Waals surface area contributed by atoms with Crippen molar-refractivity contribution in [3.63, 3.8) is 0 Å². The van der Waals surface area contributed by atoms with Gasteiger partial charge in [-0.2, -0.15) is 13.2 Å². The summed E-state index contributed by atoms with van der Waals surface area (Å²) in [5.74, 6) is -2.00. The second-order valence-electron chi connectivity index (χ2n) is 4.27. The van der Waals surface area contributed by atoms with E-state index in [0.29, 0.717) is 29.6 Å². The number of nitrogen functional groups attached to an aromatic ring is 1. The number of hydrogen-bond acceptors (Lipinski definition) is 2. The lowest BCUT2D eigenvalue weighted by atomic mass is 10.1. The standard InChI is InChI=1S/C14H10F4N2O/c15-12-6-1-8(14(16,17)18)7-11(12)13(21)20-10-4-2-9(19)3-5-10/h1-7H,19H2,(H,20,21). The van der Waals surface area contributed by atoms with E-state index >= 15 is 0 Å². The highest BCUT2D eigenvalue weighted by molar-refractivity contribution is 6.04. The van der Waals surface area contributed by atoms with Gasteiger partial charge < -0.3 is 11.1 Å². The van der Waals surface area contributed by atoms with Gasteiger partial charge in [-0.3, -0.25) is 4.79 Å². The van der Waals surface area contributed by atoms with Crippen LogP contribution in [-0.2, 0) is 6.18 Å². The zero-order chi connectivity index (χ0) is 15.6. The first-order valence-electron chi connectivity index (χ1n) is 5.81. The summed E-state index contributed by atoms with van der Waals surface area (Å²) in [6, 6.07) is 7.58. The molecule has 2 aromatic carbocycles. The fourth-order valence-electron chi connectivity index (χ4n) is 1.64. The van der Waals surface area contributed by atoms with Crippen molar-refractivity contribution >= 4 is 17.3 Å². The largest absolute Gasteiger partial charge is 0.416 e. The van der Waals surface area contributed by atoms with Gasteiger partial charge in [0.1, 0.15) is 5.82 Å². The van der Waals surface area contributed by atoms with Gasteiger partial charge in [-0.05, 0) is 42.5 Å². The molecule has 0 saturated carbocycles. The monoisotopic (exact) mass is 298 g/mol. The smallest absolute Gasteiger partial charge is 0.399 e. The third-order valence-corrected chi connectivity index (χ3v) is 2.71. The number of carbonyl (C=O) groups excluding carboxylic acids is 1. The molecule has 0 radical (unpaired) electrons. The molecular weight excluding hydrogens is 288 g/mol. The maximum atomic E-state index is 13.5. The van der Waals surface area contributed by atoms with Crippen molar-refractivity contribution in [3.8, 4) is 0 Å². The summed E-state index contributed by atoms with van der Waals surface area (Å²) in [7, 11) is 0. The predicted molar refractivity (Wildman–Crippen MR) is 70.2 cm³/mol. The molecule has 0 fully saturated rings. The fraction of sp³-hybridized carbons (Fsp3) is 0.0714. The Morgan fingerprint density at radius 3 is 2.24 bits per heavy atom. The maximum Gasteiger partial charge on any atom is 0.416 e. The van der Waals surface area contributed by atoms with Gasteiger partial charge in [-0.1, -0.05) is 0 Å². The summed E-state index contributed by atoms with van der Waals surface area (Å²) in [5.41, 5.74) is 4.45. The highest BCUT2D eigenvalue weighted by Crippen LogP contribution is 2.30. The lowest BCUT2D eigenvalue weighted by Crippen LogP contribution is -2.16. The first kappa shape index (κ1) is 14.8. The summed E-state index contributed by atoms with van der Waals surface area (Å²) < 4.78 is 51.2. The zero-order valence-electron chi connectivity index (χ0n) is 10.5. The molecular formula is C14H10F4N2O. The summed E-state index contributed by atoms with van der Waals surface area (Å²) in [4.78, 5) is 11.8. The van der Waals surface area contributed by atoms with Crippen LogP contribution in [0.5, 0.6) is 0 Å². The Kier molecular flexibility index (Phi) is 3.84. The summed E-state index contributed by atoms with van der Waals surface area (Å²) in [6.45, 7) is 0. The molecule has 0 unspecified atom stereocenters. The Balaban J connectivity index is 2.28. The third-order valence-electron chi connectivity index (χ3n) is 2.71. The van der Waals surface area contributed by atoms with E-state index in [1.54, 1.807) is 0 Å². The number of nitrogens with two attached hydrogens (primary N) is 1. The maximum absolute atomic E-state index is 13.5. The minimum atomic E-state index is -4.65. The molecule has 3 nitrogen and oxygen atoms in total. The Morgan fingerprint density at radius 2 is 1.67 bits per heavy atom. The average Bonchev–Trinajstić information content (AvgIpc) is 2.40. The van der Waals surface area contributed by atoms with Crippen LogP contribution in [0.2, 0.25) is 0 Å². The molecule has 21 heavy (non-hydrogen) atoms. The number of rotatable bonds is 2. The number of benzene rings is 2. The van der Waals surface area contributed by atoms with Crippen LogP contribution in [0.4, 0.5) is 28.9 Å². The molecule has 7 heteroatoms. The summed E-state index contributed by atoms with van der Waals surface area (Å²) in [5, 5.41) is 2.30. The third kappa shape index (κ3) is 3.50. The van der Waals surface area contributed by atoms with Crippen LogP contribution in [0.15, 0.2) is 42.5 Å². The van der Waals surface area contributed by atoms with Crippen molar-refractivity contribution in [2.45, 2.75) is 6.18 Å². The Bertz CT molecular complexity index is 666. The number of nitrogens with one attached hydrogen (secondary N) is 1. The van der Waals surface area contributed by atoms with E-state index in [2.05, 4.69) is 5.32 Å². The van der Waals surface area contributed by atoms with Crippen molar-refractivity contribution in [1.29, 1.82) is 0 Å². The van der Waals surface area contributed by atoms with Gasteiger partial charge in [-0.25, -0.2) is 4.39 Å². The molecule has 2 aromatic rings. The lowest BCUT2D eigenvalue weighted by molar-refractivity contribution is -0.137. The van der Waals surface area contributed by atoms with Crippen molar-refractivity contribution in [3.05, 3.63) is 59.4 Å². The van der Waals surface area contributed by atoms with Gasteiger partial charge in [0, 0.05) is 11.4 Å². The van der Waals surface area contributed by atoms with Crippen LogP contribution in [0.25, 0.3) is 0 Å². The average molecular weight is 298 g/mol. The van der Waals surface area contributed by atoms with Crippen molar-refractivity contribution in [1.82, 2.24) is 0 Å². The van der Waals surface area contributed by atoms with Crippen LogP contribution in [0.1, 0.15) is 15.9 Å². The number of hydrogen-bond donors (Lipinski definition) is 2.